The van der Waals surface area contributed by atoms with Gasteiger partial charge in [0, 0.05) is 23.1 Å². The van der Waals surface area contributed by atoms with E-state index in [0.29, 0.717) is 27.3 Å². The molecule has 5 nitrogen and oxygen atoms in total. The predicted octanol–water partition coefficient (Wildman–Crippen LogP) is 5.14. The molecule has 1 saturated heterocycles. The van der Waals surface area contributed by atoms with Gasteiger partial charge in [0.15, 0.2) is 5.17 Å². The maximum absolute atomic E-state index is 12.7. The van der Waals surface area contributed by atoms with Gasteiger partial charge >= 0.3 is 0 Å². The van der Waals surface area contributed by atoms with E-state index in [9.17, 15) is 9.90 Å². The Bertz CT molecular complexity index is 1070. The Kier molecular flexibility index (Phi) is 5.27. The van der Waals surface area contributed by atoms with Crippen molar-refractivity contribution in [2.24, 2.45) is 4.99 Å². The van der Waals surface area contributed by atoms with Crippen LogP contribution in [0.5, 0.6) is 5.75 Å². The van der Waals surface area contributed by atoms with Crippen molar-refractivity contribution in [2.75, 3.05) is 6.54 Å². The van der Waals surface area contributed by atoms with E-state index in [1.165, 1.54) is 23.1 Å². The molecule has 1 amide bonds. The molecule has 1 aromatic heterocycles. The summed E-state index contributed by atoms with van der Waals surface area (Å²) in [5, 5.41) is 13.1. The van der Waals surface area contributed by atoms with Gasteiger partial charge in [-0.15, -0.1) is 11.3 Å². The molecule has 140 valence electrons. The molecule has 3 aromatic rings. The van der Waals surface area contributed by atoms with Crippen LogP contribution in [0.15, 0.2) is 69.9 Å². The van der Waals surface area contributed by atoms with Crippen molar-refractivity contribution in [3.8, 4) is 17.0 Å². The molecular formula is C21H17N3O2S2. The number of carbonyl (C=O) groups excluding carboxylic acids is 1. The lowest BCUT2D eigenvalue weighted by Gasteiger charge is -2.11. The Balaban J connectivity index is 1.64. The topological polar surface area (TPSA) is 65.8 Å². The largest absolute Gasteiger partial charge is 0.507 e. The minimum absolute atomic E-state index is 0.116. The van der Waals surface area contributed by atoms with Gasteiger partial charge in [-0.1, -0.05) is 48.5 Å². The van der Waals surface area contributed by atoms with Crippen LogP contribution in [0.3, 0.4) is 0 Å². The molecule has 2 heterocycles. The van der Waals surface area contributed by atoms with Gasteiger partial charge in [-0.25, -0.2) is 4.98 Å². The number of aromatic nitrogens is 1. The van der Waals surface area contributed by atoms with Crippen LogP contribution in [0.25, 0.3) is 17.3 Å². The first-order valence-corrected chi connectivity index (χ1v) is 10.4. The number of nitrogens with zero attached hydrogens (tertiary/aromatic N) is 3. The fourth-order valence-electron chi connectivity index (χ4n) is 2.76. The van der Waals surface area contributed by atoms with Crippen molar-refractivity contribution >= 4 is 45.4 Å². The molecule has 4 rings (SSSR count). The maximum atomic E-state index is 12.7. The van der Waals surface area contributed by atoms with Crippen LogP contribution < -0.4 is 0 Å². The second-order valence-corrected chi connectivity index (χ2v) is 7.84. The van der Waals surface area contributed by atoms with E-state index in [0.717, 1.165) is 11.3 Å². The van der Waals surface area contributed by atoms with Gasteiger partial charge in [-0.2, -0.15) is 4.99 Å². The van der Waals surface area contributed by atoms with Crippen LogP contribution in [-0.2, 0) is 4.79 Å². The zero-order valence-corrected chi connectivity index (χ0v) is 16.7. The molecule has 1 aliphatic rings. The quantitative estimate of drug-likeness (QED) is 0.608. The number of likely N-dealkylation sites (N-methyl/N-ethyl adjacent to an activating group) is 1. The van der Waals surface area contributed by atoms with Crippen LogP contribution in [0.2, 0.25) is 0 Å². The zero-order valence-electron chi connectivity index (χ0n) is 15.1. The lowest BCUT2D eigenvalue weighted by molar-refractivity contribution is -0.122. The van der Waals surface area contributed by atoms with E-state index in [1.54, 1.807) is 29.2 Å². The number of benzene rings is 2. The number of aliphatic imine (C=N–C) groups is 1. The fourth-order valence-corrected chi connectivity index (χ4v) is 4.55. The van der Waals surface area contributed by atoms with E-state index >= 15 is 0 Å². The molecule has 0 saturated carbocycles. The first kappa shape index (κ1) is 18.5. The molecule has 0 radical (unpaired) electrons. The number of amidine groups is 1. The Morgan fingerprint density at radius 2 is 1.89 bits per heavy atom. The standard InChI is InChI=1S/C21H17N3O2S2/c1-2-24-19(26)18(12-15-10-6-7-11-17(15)25)28-21(24)23-20-22-16(13-27-20)14-8-4-3-5-9-14/h3-13,25H,2H2,1H3/b18-12-,23-21+. The van der Waals surface area contributed by atoms with E-state index in [-0.39, 0.29) is 11.7 Å². The van der Waals surface area contributed by atoms with Gasteiger partial charge in [-0.05, 0) is 30.8 Å². The molecule has 2 aromatic carbocycles. The van der Waals surface area contributed by atoms with Gasteiger partial charge in [0.2, 0.25) is 5.13 Å². The third kappa shape index (κ3) is 3.72. The summed E-state index contributed by atoms with van der Waals surface area (Å²) < 4.78 is 0. The van der Waals surface area contributed by atoms with Crippen molar-refractivity contribution in [3.05, 3.63) is 70.4 Å². The minimum Gasteiger partial charge on any atom is -0.507 e. The number of hydrogen-bond donors (Lipinski definition) is 1. The first-order chi connectivity index (χ1) is 13.7. The summed E-state index contributed by atoms with van der Waals surface area (Å²) in [5.74, 6) is 0.0265. The van der Waals surface area contributed by atoms with Crippen LogP contribution in [0, 0.1) is 0 Å². The Hall–Kier alpha value is -2.90. The van der Waals surface area contributed by atoms with Crippen LogP contribution >= 0.6 is 23.1 Å². The number of amides is 1. The lowest BCUT2D eigenvalue weighted by Crippen LogP contribution is -2.28. The molecule has 7 heteroatoms. The molecule has 28 heavy (non-hydrogen) atoms. The number of thioether (sulfide) groups is 1. The van der Waals surface area contributed by atoms with Gasteiger partial charge < -0.3 is 5.11 Å². The number of carbonyl (C=O) groups is 1. The van der Waals surface area contributed by atoms with Crippen molar-refractivity contribution in [3.63, 3.8) is 0 Å². The SMILES string of the molecule is CCN1C(=O)/C(=C/c2ccccc2O)S/C1=N/c1nc(-c2ccccc2)cs1. The van der Waals surface area contributed by atoms with E-state index < -0.39 is 0 Å². The number of para-hydroxylation sites is 1. The van der Waals surface area contributed by atoms with E-state index in [4.69, 9.17) is 0 Å². The first-order valence-electron chi connectivity index (χ1n) is 8.74. The summed E-state index contributed by atoms with van der Waals surface area (Å²) in [4.78, 5) is 24.1. The number of phenols is 1. The van der Waals surface area contributed by atoms with Crippen LogP contribution in [-0.4, -0.2) is 32.6 Å². The monoisotopic (exact) mass is 407 g/mol. The highest BCUT2D eigenvalue weighted by Gasteiger charge is 2.32. The number of rotatable bonds is 4. The highest BCUT2D eigenvalue weighted by molar-refractivity contribution is 8.18. The summed E-state index contributed by atoms with van der Waals surface area (Å²) in [6.07, 6.45) is 1.70. The number of phenolic OH excluding ortho intramolecular Hbond substituents is 1. The summed E-state index contributed by atoms with van der Waals surface area (Å²) >= 11 is 2.74. The summed E-state index contributed by atoms with van der Waals surface area (Å²) in [5.41, 5.74) is 2.51. The van der Waals surface area contributed by atoms with Crippen molar-refractivity contribution in [1.82, 2.24) is 9.88 Å². The highest BCUT2D eigenvalue weighted by Crippen LogP contribution is 2.36. The van der Waals surface area contributed by atoms with Crippen molar-refractivity contribution in [2.45, 2.75) is 6.92 Å². The highest BCUT2D eigenvalue weighted by atomic mass is 32.2. The van der Waals surface area contributed by atoms with Gasteiger partial charge in [0.1, 0.15) is 5.75 Å². The Morgan fingerprint density at radius 3 is 2.64 bits per heavy atom. The third-order valence-corrected chi connectivity index (χ3v) is 5.92. The molecular weight excluding hydrogens is 390 g/mol. The zero-order chi connectivity index (χ0) is 19.5. The second-order valence-electron chi connectivity index (χ2n) is 5.99. The minimum atomic E-state index is -0.116. The average Bonchev–Trinajstić information content (AvgIpc) is 3.29. The maximum Gasteiger partial charge on any atom is 0.266 e. The van der Waals surface area contributed by atoms with Gasteiger partial charge in [0.25, 0.3) is 5.91 Å². The number of aromatic hydroxyl groups is 1. The number of hydrogen-bond acceptors (Lipinski definition) is 6. The molecule has 1 aliphatic heterocycles. The molecule has 0 bridgehead atoms. The summed E-state index contributed by atoms with van der Waals surface area (Å²) in [6, 6.07) is 16.9. The molecule has 0 atom stereocenters. The van der Waals surface area contributed by atoms with Crippen molar-refractivity contribution in [1.29, 1.82) is 0 Å². The smallest absolute Gasteiger partial charge is 0.266 e. The Labute approximate surface area is 171 Å². The lowest BCUT2D eigenvalue weighted by atomic mass is 10.2. The van der Waals surface area contributed by atoms with Crippen LogP contribution in [0.1, 0.15) is 12.5 Å². The fraction of sp³-hybridized carbons (Fsp3) is 0.0952. The summed E-state index contributed by atoms with van der Waals surface area (Å²) in [6.45, 7) is 2.42. The number of thiazole rings is 1. The molecule has 0 aliphatic carbocycles. The molecule has 0 spiro atoms. The van der Waals surface area contributed by atoms with E-state index in [1.807, 2.05) is 48.7 Å². The molecule has 0 unspecified atom stereocenters. The molecule has 1 N–H and O–H groups in total. The average molecular weight is 408 g/mol. The van der Waals surface area contributed by atoms with Crippen molar-refractivity contribution < 1.29 is 9.90 Å². The Morgan fingerprint density at radius 1 is 1.14 bits per heavy atom. The molecule has 1 fully saturated rings. The second kappa shape index (κ2) is 8.00. The third-order valence-electron chi connectivity index (χ3n) is 4.18. The van der Waals surface area contributed by atoms with Gasteiger partial charge in [0.05, 0.1) is 10.6 Å². The normalized spacial score (nSPS) is 17.0. The summed E-state index contributed by atoms with van der Waals surface area (Å²) in [7, 11) is 0. The predicted molar refractivity (Wildman–Crippen MR) is 116 cm³/mol. The van der Waals surface area contributed by atoms with Crippen LogP contribution in [0.4, 0.5) is 5.13 Å². The van der Waals surface area contributed by atoms with Gasteiger partial charge in [-0.3, -0.25) is 9.69 Å². The van der Waals surface area contributed by atoms with E-state index in [2.05, 4.69) is 9.98 Å².